The zero-order chi connectivity index (χ0) is 20.3. The van der Waals surface area contributed by atoms with E-state index in [1.807, 2.05) is 24.3 Å². The van der Waals surface area contributed by atoms with Crippen LogP contribution in [0.2, 0.25) is 0 Å². The first-order chi connectivity index (χ1) is 13.4. The lowest BCUT2D eigenvalue weighted by molar-refractivity contribution is -0.162. The molecule has 1 aliphatic rings. The number of esters is 2. The molecule has 0 fully saturated rings. The second-order valence-electron chi connectivity index (χ2n) is 6.36. The van der Waals surface area contributed by atoms with E-state index in [-0.39, 0.29) is 12.5 Å². The van der Waals surface area contributed by atoms with E-state index < -0.39 is 18.0 Å². The Labute approximate surface area is 163 Å². The third kappa shape index (κ3) is 3.81. The van der Waals surface area contributed by atoms with Gasteiger partial charge in [0, 0.05) is 23.7 Å². The molecule has 6 nitrogen and oxygen atoms in total. The van der Waals surface area contributed by atoms with Crippen LogP contribution >= 0.6 is 0 Å². The third-order valence-corrected chi connectivity index (χ3v) is 4.47. The van der Waals surface area contributed by atoms with Crippen LogP contribution in [-0.4, -0.2) is 30.6 Å². The highest BCUT2D eigenvalue weighted by molar-refractivity contribution is 6.10. The predicted molar refractivity (Wildman–Crippen MR) is 105 cm³/mol. The molecule has 1 amide bonds. The lowest BCUT2D eigenvalue weighted by Gasteiger charge is -2.20. The number of amides is 1. The van der Waals surface area contributed by atoms with E-state index in [9.17, 15) is 14.4 Å². The second kappa shape index (κ2) is 8.08. The molecule has 6 heteroatoms. The number of hydrogen-bond acceptors (Lipinski definition) is 5. The van der Waals surface area contributed by atoms with Crippen molar-refractivity contribution in [2.45, 2.75) is 26.5 Å². The lowest BCUT2D eigenvalue weighted by atomic mass is 10.0. The molecule has 0 saturated heterocycles. The van der Waals surface area contributed by atoms with E-state index in [1.54, 1.807) is 36.1 Å². The number of ether oxygens (including phenoxy) is 2. The van der Waals surface area contributed by atoms with Crippen LogP contribution < -0.4 is 4.90 Å². The van der Waals surface area contributed by atoms with Crippen molar-refractivity contribution < 1.29 is 23.9 Å². The molecule has 0 N–H and O–H groups in total. The van der Waals surface area contributed by atoms with Crippen molar-refractivity contribution in [1.29, 1.82) is 0 Å². The monoisotopic (exact) mass is 379 g/mol. The normalized spacial score (nSPS) is 13.6. The Hall–Kier alpha value is -3.41. The Morgan fingerprint density at radius 2 is 1.82 bits per heavy atom. The summed E-state index contributed by atoms with van der Waals surface area (Å²) in [6.45, 7) is 7.47. The van der Waals surface area contributed by atoms with Gasteiger partial charge >= 0.3 is 11.9 Å². The minimum absolute atomic E-state index is 0.0495. The number of carbonyl (C=O) groups excluding carboxylic acids is 3. The van der Waals surface area contributed by atoms with E-state index in [2.05, 4.69) is 6.58 Å². The summed E-state index contributed by atoms with van der Waals surface area (Å²) in [5, 5.41) is 0. The van der Waals surface area contributed by atoms with Gasteiger partial charge in [0.2, 0.25) is 6.10 Å². The Morgan fingerprint density at radius 3 is 2.43 bits per heavy atom. The van der Waals surface area contributed by atoms with Crippen LogP contribution in [-0.2, 0) is 25.6 Å². The summed E-state index contributed by atoms with van der Waals surface area (Å²) in [7, 11) is 0. The highest BCUT2D eigenvalue weighted by Crippen LogP contribution is 2.30. The average Bonchev–Trinajstić information content (AvgIpc) is 3.03. The summed E-state index contributed by atoms with van der Waals surface area (Å²) >= 11 is 0. The molecule has 1 unspecified atom stereocenters. The first kappa shape index (κ1) is 19.4. The number of hydrogen-bond donors (Lipinski definition) is 0. The molecule has 0 aromatic heterocycles. The fourth-order valence-corrected chi connectivity index (χ4v) is 3.12. The van der Waals surface area contributed by atoms with Crippen molar-refractivity contribution in [3.8, 4) is 0 Å². The van der Waals surface area contributed by atoms with Crippen LogP contribution in [0.4, 0.5) is 5.69 Å². The van der Waals surface area contributed by atoms with Gasteiger partial charge in [-0.15, -0.1) is 0 Å². The molecule has 144 valence electrons. The highest BCUT2D eigenvalue weighted by Gasteiger charge is 2.29. The molecule has 1 aliphatic heterocycles. The van der Waals surface area contributed by atoms with E-state index in [0.29, 0.717) is 23.2 Å². The van der Waals surface area contributed by atoms with Gasteiger partial charge < -0.3 is 14.4 Å². The SMILES string of the molecule is C=C(c1ccc(N2Cc3ccccc3C2=O)cc1)C(OC(C)=O)C(=O)OCC. The zero-order valence-electron chi connectivity index (χ0n) is 15.8. The van der Waals surface area contributed by atoms with Gasteiger partial charge in [0.1, 0.15) is 0 Å². The van der Waals surface area contributed by atoms with Crippen LogP contribution in [0.5, 0.6) is 0 Å². The standard InChI is InChI=1S/C22H21NO5/c1-4-27-22(26)20(28-15(3)24)14(2)16-9-11-18(12-10-16)23-13-17-7-5-6-8-19(17)21(23)25/h5-12,20H,2,4,13H2,1,3H3. The molecular formula is C22H21NO5. The van der Waals surface area contributed by atoms with Gasteiger partial charge in [-0.1, -0.05) is 36.9 Å². The summed E-state index contributed by atoms with van der Waals surface area (Å²) in [5.74, 6) is -1.32. The molecule has 0 aliphatic carbocycles. The van der Waals surface area contributed by atoms with Crippen LogP contribution in [0.1, 0.15) is 35.3 Å². The van der Waals surface area contributed by atoms with Crippen molar-refractivity contribution >= 4 is 29.1 Å². The van der Waals surface area contributed by atoms with Crippen molar-refractivity contribution in [2.75, 3.05) is 11.5 Å². The molecule has 0 bridgehead atoms. The highest BCUT2D eigenvalue weighted by atomic mass is 16.6. The third-order valence-electron chi connectivity index (χ3n) is 4.47. The first-order valence-electron chi connectivity index (χ1n) is 8.95. The number of anilines is 1. The van der Waals surface area contributed by atoms with Gasteiger partial charge in [-0.25, -0.2) is 4.79 Å². The fraction of sp³-hybridized carbons (Fsp3) is 0.227. The second-order valence-corrected chi connectivity index (χ2v) is 6.36. The first-order valence-corrected chi connectivity index (χ1v) is 8.95. The summed E-state index contributed by atoms with van der Waals surface area (Å²) in [5.41, 5.74) is 3.35. The lowest BCUT2D eigenvalue weighted by Crippen LogP contribution is -2.29. The maximum absolute atomic E-state index is 12.6. The Balaban J connectivity index is 1.80. The topological polar surface area (TPSA) is 72.9 Å². The van der Waals surface area contributed by atoms with Gasteiger partial charge in [-0.2, -0.15) is 0 Å². The predicted octanol–water partition coefficient (Wildman–Crippen LogP) is 3.36. The molecule has 3 rings (SSSR count). The van der Waals surface area contributed by atoms with Crippen LogP contribution in [0, 0.1) is 0 Å². The van der Waals surface area contributed by atoms with Crippen molar-refractivity contribution in [1.82, 2.24) is 0 Å². The van der Waals surface area contributed by atoms with Crippen molar-refractivity contribution in [2.24, 2.45) is 0 Å². The molecule has 0 spiro atoms. The molecule has 0 saturated carbocycles. The van der Waals surface area contributed by atoms with Gasteiger partial charge in [0.25, 0.3) is 5.91 Å². The molecule has 1 heterocycles. The van der Waals surface area contributed by atoms with Crippen molar-refractivity contribution in [3.05, 3.63) is 71.8 Å². The zero-order valence-corrected chi connectivity index (χ0v) is 15.8. The molecular weight excluding hydrogens is 358 g/mol. The average molecular weight is 379 g/mol. The van der Waals surface area contributed by atoms with E-state index in [1.165, 1.54) is 6.92 Å². The Bertz CT molecular complexity index is 932. The number of fused-ring (bicyclic) bond motifs is 1. The summed E-state index contributed by atoms with van der Waals surface area (Å²) in [6.07, 6.45) is -1.21. The minimum atomic E-state index is -1.21. The summed E-state index contributed by atoms with van der Waals surface area (Å²) in [6, 6.07) is 14.5. The Kier molecular flexibility index (Phi) is 5.59. The molecule has 1 atom stereocenters. The van der Waals surface area contributed by atoms with Gasteiger partial charge in [0.15, 0.2) is 0 Å². The minimum Gasteiger partial charge on any atom is -0.463 e. The number of nitrogens with zero attached hydrogens (tertiary/aromatic N) is 1. The van der Waals surface area contributed by atoms with Crippen LogP contribution in [0.25, 0.3) is 5.57 Å². The van der Waals surface area contributed by atoms with Gasteiger partial charge in [-0.3, -0.25) is 9.59 Å². The van der Waals surface area contributed by atoms with Gasteiger partial charge in [0.05, 0.1) is 13.2 Å². The smallest absolute Gasteiger partial charge is 0.352 e. The van der Waals surface area contributed by atoms with Crippen LogP contribution in [0.3, 0.4) is 0 Å². The maximum atomic E-state index is 12.6. The number of rotatable bonds is 6. The number of benzene rings is 2. The van der Waals surface area contributed by atoms with Crippen molar-refractivity contribution in [3.63, 3.8) is 0 Å². The van der Waals surface area contributed by atoms with Gasteiger partial charge in [-0.05, 0) is 36.2 Å². The molecule has 28 heavy (non-hydrogen) atoms. The van der Waals surface area contributed by atoms with E-state index in [0.717, 1.165) is 11.3 Å². The maximum Gasteiger partial charge on any atom is 0.352 e. The number of carbonyl (C=O) groups is 3. The fourth-order valence-electron chi connectivity index (χ4n) is 3.12. The summed E-state index contributed by atoms with van der Waals surface area (Å²) in [4.78, 5) is 37.8. The van der Waals surface area contributed by atoms with Crippen LogP contribution in [0.15, 0.2) is 55.1 Å². The quantitative estimate of drug-likeness (QED) is 0.720. The largest absolute Gasteiger partial charge is 0.463 e. The Morgan fingerprint density at radius 1 is 1.14 bits per heavy atom. The summed E-state index contributed by atoms with van der Waals surface area (Å²) < 4.78 is 10.1. The molecule has 2 aromatic carbocycles. The van der Waals surface area contributed by atoms with E-state index in [4.69, 9.17) is 9.47 Å². The molecule has 0 radical (unpaired) electrons. The van der Waals surface area contributed by atoms with E-state index >= 15 is 0 Å². The molecule has 2 aromatic rings.